The van der Waals surface area contributed by atoms with Crippen LogP contribution in [0.1, 0.15) is 29.7 Å². The average molecular weight is 417 g/mol. The third-order valence-electron chi connectivity index (χ3n) is 4.07. The number of rotatable bonds is 6. The molecule has 2 aromatic carbocycles. The van der Waals surface area contributed by atoms with Crippen LogP contribution in [0.25, 0.3) is 0 Å². The second-order valence-corrected chi connectivity index (χ2v) is 6.82. The maximum Gasteiger partial charge on any atom is 0.319 e. The van der Waals surface area contributed by atoms with E-state index in [0.29, 0.717) is 27.8 Å². The summed E-state index contributed by atoms with van der Waals surface area (Å²) in [6.07, 6.45) is 0. The topological polar surface area (TPSA) is 61.3 Å². The number of aryl methyl sites for hydroxylation is 1. The molecule has 0 radical (unpaired) electrons. The minimum absolute atomic E-state index is 0.248. The summed E-state index contributed by atoms with van der Waals surface area (Å²) in [5.74, 6) is -0.0595. The smallest absolute Gasteiger partial charge is 0.319 e. The molecule has 0 bridgehead atoms. The summed E-state index contributed by atoms with van der Waals surface area (Å²) >= 11 is 12.0. The summed E-state index contributed by atoms with van der Waals surface area (Å²) in [6, 6.07) is 15.9. The molecule has 144 valence electrons. The lowest BCUT2D eigenvalue weighted by molar-refractivity contribution is -0.143. The number of carbonyl (C=O) groups excluding carboxylic acids is 1. The molecule has 5 nitrogen and oxygen atoms in total. The number of nitrogens with zero attached hydrogens (tertiary/aromatic N) is 2. The van der Waals surface area contributed by atoms with Gasteiger partial charge in [-0.2, -0.15) is 5.10 Å². The first kappa shape index (κ1) is 20.1. The summed E-state index contributed by atoms with van der Waals surface area (Å²) in [5, 5.41) is 8.66. The van der Waals surface area contributed by atoms with Crippen molar-refractivity contribution in [3.8, 4) is 11.5 Å². The lowest BCUT2D eigenvalue weighted by Crippen LogP contribution is -2.19. The van der Waals surface area contributed by atoms with Crippen LogP contribution in [0.3, 0.4) is 0 Å². The molecule has 0 aliphatic carbocycles. The van der Waals surface area contributed by atoms with E-state index < -0.39 is 11.9 Å². The normalized spacial score (nSPS) is 11.7. The van der Waals surface area contributed by atoms with Gasteiger partial charge in [0, 0.05) is 0 Å². The van der Waals surface area contributed by atoms with E-state index in [1.807, 2.05) is 31.2 Å². The van der Waals surface area contributed by atoms with Gasteiger partial charge in [0.25, 0.3) is 0 Å². The molecule has 3 aromatic rings. The Morgan fingerprint density at radius 2 is 1.82 bits per heavy atom. The molecule has 7 heteroatoms. The molecule has 1 aromatic heterocycles. The maximum absolute atomic E-state index is 12.7. The highest BCUT2D eigenvalue weighted by atomic mass is 35.5. The molecule has 0 aliphatic rings. The van der Waals surface area contributed by atoms with Crippen LogP contribution in [-0.2, 0) is 9.53 Å². The van der Waals surface area contributed by atoms with Gasteiger partial charge in [0.05, 0.1) is 17.3 Å². The van der Waals surface area contributed by atoms with E-state index in [1.165, 1.54) is 0 Å². The van der Waals surface area contributed by atoms with Crippen molar-refractivity contribution in [2.75, 3.05) is 6.61 Å². The van der Waals surface area contributed by atoms with Crippen LogP contribution >= 0.6 is 23.2 Å². The number of benzene rings is 2. The second-order valence-electron chi connectivity index (χ2n) is 6.02. The number of hydrogen-bond acceptors (Lipinski definition) is 5. The van der Waals surface area contributed by atoms with Crippen LogP contribution in [0.15, 0.2) is 54.6 Å². The molecular formula is C21H18Cl2N2O3. The number of esters is 1. The van der Waals surface area contributed by atoms with Gasteiger partial charge in [-0.3, -0.25) is 4.79 Å². The third-order valence-corrected chi connectivity index (χ3v) is 4.59. The number of hydrogen-bond donors (Lipinski definition) is 0. The number of halogens is 2. The number of ether oxygens (including phenoxy) is 2. The Morgan fingerprint density at radius 1 is 1.04 bits per heavy atom. The van der Waals surface area contributed by atoms with Gasteiger partial charge in [0.15, 0.2) is 5.15 Å². The lowest BCUT2D eigenvalue weighted by Gasteiger charge is -2.17. The van der Waals surface area contributed by atoms with E-state index in [1.54, 1.807) is 37.3 Å². The molecule has 1 atom stereocenters. The summed E-state index contributed by atoms with van der Waals surface area (Å²) in [6.45, 7) is 3.92. The fraction of sp³-hybridized carbons (Fsp3) is 0.190. The lowest BCUT2D eigenvalue weighted by atomic mass is 9.94. The highest BCUT2D eigenvalue weighted by molar-refractivity contribution is 6.32. The second kappa shape index (κ2) is 9.04. The zero-order valence-electron chi connectivity index (χ0n) is 15.4. The largest absolute Gasteiger partial charge is 0.465 e. The molecule has 0 aliphatic heterocycles. The minimum atomic E-state index is -0.751. The zero-order valence-corrected chi connectivity index (χ0v) is 16.9. The highest BCUT2D eigenvalue weighted by Gasteiger charge is 2.27. The standard InChI is InChI=1S/C21H18Cl2N2O3/c1-3-27-21(26)20(16-10-11-19(23)25-24-16)14-9-8-13(2)18(12-14)28-17-7-5-4-6-15(17)22/h4-12,20H,3H2,1-2H3. The Labute approximate surface area is 173 Å². The summed E-state index contributed by atoms with van der Waals surface area (Å²) in [5.41, 5.74) is 2.01. The SMILES string of the molecule is CCOC(=O)C(c1ccc(C)c(Oc2ccccc2Cl)c1)c1ccc(Cl)nn1. The van der Waals surface area contributed by atoms with Crippen molar-refractivity contribution in [1.82, 2.24) is 10.2 Å². The first-order valence-electron chi connectivity index (χ1n) is 8.68. The van der Waals surface area contributed by atoms with Crippen LogP contribution in [0.4, 0.5) is 0 Å². The van der Waals surface area contributed by atoms with Gasteiger partial charge in [0.1, 0.15) is 17.4 Å². The molecule has 0 amide bonds. The fourth-order valence-corrected chi connectivity index (χ4v) is 2.96. The summed E-state index contributed by atoms with van der Waals surface area (Å²) < 4.78 is 11.2. The zero-order chi connectivity index (χ0) is 20.1. The van der Waals surface area contributed by atoms with E-state index in [0.717, 1.165) is 5.56 Å². The van der Waals surface area contributed by atoms with Crippen molar-refractivity contribution >= 4 is 29.2 Å². The summed E-state index contributed by atoms with van der Waals surface area (Å²) in [4.78, 5) is 12.7. The van der Waals surface area contributed by atoms with Gasteiger partial charge in [-0.15, -0.1) is 5.10 Å². The monoisotopic (exact) mass is 416 g/mol. The molecule has 0 saturated carbocycles. The summed E-state index contributed by atoms with van der Waals surface area (Å²) in [7, 11) is 0. The molecule has 1 heterocycles. The third kappa shape index (κ3) is 4.61. The molecule has 0 spiro atoms. The van der Waals surface area contributed by atoms with Crippen LogP contribution in [0, 0.1) is 6.92 Å². The molecule has 28 heavy (non-hydrogen) atoms. The van der Waals surface area contributed by atoms with Gasteiger partial charge in [0.2, 0.25) is 0 Å². The van der Waals surface area contributed by atoms with E-state index in [-0.39, 0.29) is 11.8 Å². The number of carbonyl (C=O) groups is 1. The van der Waals surface area contributed by atoms with Gasteiger partial charge in [-0.25, -0.2) is 0 Å². The van der Waals surface area contributed by atoms with Crippen molar-refractivity contribution in [3.63, 3.8) is 0 Å². The van der Waals surface area contributed by atoms with Crippen LogP contribution in [0.2, 0.25) is 10.2 Å². The fourth-order valence-electron chi connectivity index (χ4n) is 2.69. The Balaban J connectivity index is 2.02. The average Bonchev–Trinajstić information content (AvgIpc) is 2.68. The number of para-hydroxylation sites is 1. The highest BCUT2D eigenvalue weighted by Crippen LogP contribution is 2.34. The Morgan fingerprint density at radius 3 is 2.50 bits per heavy atom. The first-order valence-corrected chi connectivity index (χ1v) is 9.44. The Kier molecular flexibility index (Phi) is 6.49. The van der Waals surface area contributed by atoms with Gasteiger partial charge >= 0.3 is 5.97 Å². The maximum atomic E-state index is 12.7. The predicted molar refractivity (Wildman–Crippen MR) is 108 cm³/mol. The van der Waals surface area contributed by atoms with E-state index in [4.69, 9.17) is 32.7 Å². The van der Waals surface area contributed by atoms with Crippen LogP contribution in [0.5, 0.6) is 11.5 Å². The predicted octanol–water partition coefficient (Wildman–Crippen LogP) is 5.58. The first-order chi connectivity index (χ1) is 13.5. The number of aromatic nitrogens is 2. The van der Waals surface area contributed by atoms with Crippen LogP contribution < -0.4 is 4.74 Å². The van der Waals surface area contributed by atoms with E-state index in [2.05, 4.69) is 10.2 Å². The van der Waals surface area contributed by atoms with Crippen molar-refractivity contribution in [2.45, 2.75) is 19.8 Å². The molecule has 0 saturated heterocycles. The molecule has 3 rings (SSSR count). The van der Waals surface area contributed by atoms with Crippen LogP contribution in [-0.4, -0.2) is 22.8 Å². The van der Waals surface area contributed by atoms with Crippen molar-refractivity contribution in [3.05, 3.63) is 81.6 Å². The Hall–Kier alpha value is -2.63. The molecule has 0 fully saturated rings. The minimum Gasteiger partial charge on any atom is -0.465 e. The van der Waals surface area contributed by atoms with E-state index >= 15 is 0 Å². The van der Waals surface area contributed by atoms with Crippen molar-refractivity contribution in [2.24, 2.45) is 0 Å². The van der Waals surface area contributed by atoms with Gasteiger partial charge in [-0.05, 0) is 55.3 Å². The van der Waals surface area contributed by atoms with Crippen molar-refractivity contribution in [1.29, 1.82) is 0 Å². The van der Waals surface area contributed by atoms with E-state index in [9.17, 15) is 4.79 Å². The van der Waals surface area contributed by atoms with Gasteiger partial charge in [-0.1, -0.05) is 47.5 Å². The molecule has 1 unspecified atom stereocenters. The van der Waals surface area contributed by atoms with Gasteiger partial charge < -0.3 is 9.47 Å². The Bertz CT molecular complexity index is 978. The molecular weight excluding hydrogens is 399 g/mol. The quantitative estimate of drug-likeness (QED) is 0.490. The van der Waals surface area contributed by atoms with Crippen molar-refractivity contribution < 1.29 is 14.3 Å². The molecule has 0 N–H and O–H groups in total.